The molecule has 1 aromatic rings. The largest absolute Gasteiger partial charge is 0.416 e. The number of hydrogen-bond donors (Lipinski definition) is 1. The zero-order chi connectivity index (χ0) is 15.4. The molecule has 0 aliphatic heterocycles. The van der Waals surface area contributed by atoms with Crippen molar-refractivity contribution in [2.24, 2.45) is 0 Å². The number of halogens is 3. The molecular formula is C13H16F3NO2S. The number of sulfonamides is 1. The minimum atomic E-state index is -4.57. The fraction of sp³-hybridized carbons (Fsp3) is 0.385. The van der Waals surface area contributed by atoms with Gasteiger partial charge < -0.3 is 0 Å². The number of alkyl halides is 3. The lowest BCUT2D eigenvalue weighted by Crippen LogP contribution is -2.26. The fourth-order valence-electron chi connectivity index (χ4n) is 1.73. The van der Waals surface area contributed by atoms with E-state index in [-0.39, 0.29) is 17.0 Å². The topological polar surface area (TPSA) is 46.2 Å². The van der Waals surface area contributed by atoms with Crippen LogP contribution in [0.25, 0.3) is 0 Å². The van der Waals surface area contributed by atoms with Gasteiger partial charge >= 0.3 is 6.18 Å². The first kappa shape index (κ1) is 16.7. The van der Waals surface area contributed by atoms with Crippen LogP contribution >= 0.6 is 0 Å². The first-order valence-corrected chi connectivity index (χ1v) is 7.46. The smallest absolute Gasteiger partial charge is 0.211 e. The van der Waals surface area contributed by atoms with Gasteiger partial charge in [-0.25, -0.2) is 13.1 Å². The predicted molar refractivity (Wildman–Crippen MR) is 70.8 cm³/mol. The van der Waals surface area contributed by atoms with E-state index in [1.807, 2.05) is 0 Å². The Morgan fingerprint density at radius 1 is 1.30 bits per heavy atom. The average molecular weight is 307 g/mol. The summed E-state index contributed by atoms with van der Waals surface area (Å²) in [6, 6.07) is 3.13. The van der Waals surface area contributed by atoms with Crippen LogP contribution in [0.2, 0.25) is 0 Å². The van der Waals surface area contributed by atoms with Crippen molar-refractivity contribution in [1.82, 2.24) is 4.72 Å². The van der Waals surface area contributed by atoms with Crippen molar-refractivity contribution in [3.05, 3.63) is 41.5 Å². The van der Waals surface area contributed by atoms with Crippen molar-refractivity contribution in [3.63, 3.8) is 0 Å². The maximum atomic E-state index is 12.7. The molecule has 1 aromatic carbocycles. The second kappa shape index (κ2) is 6.41. The summed E-state index contributed by atoms with van der Waals surface area (Å²) < 4.78 is 64.5. The Balaban J connectivity index is 3.07. The van der Waals surface area contributed by atoms with Crippen molar-refractivity contribution >= 4 is 10.0 Å². The Labute approximate surface area is 116 Å². The van der Waals surface area contributed by atoms with Gasteiger partial charge in [0.05, 0.1) is 10.5 Å². The Bertz CT molecular complexity index is 592. The van der Waals surface area contributed by atoms with Crippen molar-refractivity contribution in [2.75, 3.05) is 6.54 Å². The van der Waals surface area contributed by atoms with Gasteiger partial charge in [0.25, 0.3) is 0 Å². The van der Waals surface area contributed by atoms with E-state index in [1.54, 1.807) is 19.1 Å². The molecule has 0 aliphatic rings. The SMILES string of the molecule is C/C=C/CCNS(=O)(=O)c1cccc(C(F)(F)F)c1C. The lowest BCUT2D eigenvalue weighted by Gasteiger charge is -2.14. The van der Waals surface area contributed by atoms with E-state index < -0.39 is 21.8 Å². The summed E-state index contributed by atoms with van der Waals surface area (Å²) in [5.74, 6) is 0. The van der Waals surface area contributed by atoms with E-state index in [4.69, 9.17) is 0 Å². The third-order valence-electron chi connectivity index (χ3n) is 2.72. The van der Waals surface area contributed by atoms with E-state index in [2.05, 4.69) is 4.72 Å². The van der Waals surface area contributed by atoms with Gasteiger partial charge in [-0.15, -0.1) is 0 Å². The van der Waals surface area contributed by atoms with Gasteiger partial charge in [0.2, 0.25) is 10.0 Å². The monoisotopic (exact) mass is 307 g/mol. The van der Waals surface area contributed by atoms with E-state index in [0.717, 1.165) is 19.1 Å². The molecule has 0 radical (unpaired) electrons. The first-order chi connectivity index (χ1) is 9.20. The zero-order valence-corrected chi connectivity index (χ0v) is 12.0. The van der Waals surface area contributed by atoms with Crippen LogP contribution in [0.15, 0.2) is 35.2 Å². The predicted octanol–water partition coefficient (Wildman–Crippen LogP) is 3.26. The average Bonchev–Trinajstić information content (AvgIpc) is 2.33. The summed E-state index contributed by atoms with van der Waals surface area (Å²) in [4.78, 5) is -0.340. The molecule has 0 aromatic heterocycles. The van der Waals surface area contributed by atoms with Crippen LogP contribution in [0.3, 0.4) is 0 Å². The normalized spacial score (nSPS) is 13.1. The molecule has 0 amide bonds. The highest BCUT2D eigenvalue weighted by Crippen LogP contribution is 2.34. The summed E-state index contributed by atoms with van der Waals surface area (Å²) >= 11 is 0. The molecule has 20 heavy (non-hydrogen) atoms. The molecule has 0 spiro atoms. The van der Waals surface area contributed by atoms with Crippen molar-refractivity contribution in [1.29, 1.82) is 0 Å². The molecule has 7 heteroatoms. The van der Waals surface area contributed by atoms with E-state index >= 15 is 0 Å². The summed E-state index contributed by atoms with van der Waals surface area (Å²) in [5, 5.41) is 0. The van der Waals surface area contributed by atoms with Crippen LogP contribution < -0.4 is 4.72 Å². The quantitative estimate of drug-likeness (QED) is 0.670. The standard InChI is InChI=1S/C13H16F3NO2S/c1-3-4-5-9-17-20(18,19)12-8-6-7-11(10(12)2)13(14,15)16/h3-4,6-8,17H,5,9H2,1-2H3/b4-3+. The molecule has 0 aliphatic carbocycles. The molecule has 0 saturated carbocycles. The molecule has 0 fully saturated rings. The maximum absolute atomic E-state index is 12.7. The molecule has 1 N–H and O–H groups in total. The van der Waals surface area contributed by atoms with Crippen LogP contribution in [0.1, 0.15) is 24.5 Å². The van der Waals surface area contributed by atoms with Gasteiger partial charge in [0.1, 0.15) is 0 Å². The molecular weight excluding hydrogens is 291 g/mol. The fourth-order valence-corrected chi connectivity index (χ4v) is 3.05. The Hall–Kier alpha value is -1.34. The number of benzene rings is 1. The molecule has 1 rings (SSSR count). The van der Waals surface area contributed by atoms with Crippen molar-refractivity contribution in [3.8, 4) is 0 Å². The van der Waals surface area contributed by atoms with Crippen molar-refractivity contribution < 1.29 is 21.6 Å². The lowest BCUT2D eigenvalue weighted by atomic mass is 10.1. The molecule has 0 bridgehead atoms. The summed E-state index contributed by atoms with van der Waals surface area (Å²) in [5.41, 5.74) is -1.23. The van der Waals surface area contributed by atoms with Gasteiger partial charge in [-0.05, 0) is 38.0 Å². The Morgan fingerprint density at radius 3 is 2.50 bits per heavy atom. The minimum absolute atomic E-state index is 0.141. The number of allylic oxidation sites excluding steroid dienone is 1. The molecule has 0 atom stereocenters. The van der Waals surface area contributed by atoms with Gasteiger partial charge in [-0.3, -0.25) is 0 Å². The van der Waals surface area contributed by atoms with Crippen LogP contribution in [0.5, 0.6) is 0 Å². The van der Waals surface area contributed by atoms with Crippen LogP contribution in [-0.2, 0) is 16.2 Å². The Morgan fingerprint density at radius 2 is 1.95 bits per heavy atom. The molecule has 0 unspecified atom stereocenters. The number of rotatable bonds is 5. The highest BCUT2D eigenvalue weighted by molar-refractivity contribution is 7.89. The number of hydrogen-bond acceptors (Lipinski definition) is 2. The molecule has 112 valence electrons. The van der Waals surface area contributed by atoms with Crippen LogP contribution in [0, 0.1) is 6.92 Å². The minimum Gasteiger partial charge on any atom is -0.211 e. The Kier molecular flexibility index (Phi) is 5.35. The van der Waals surface area contributed by atoms with Crippen molar-refractivity contribution in [2.45, 2.75) is 31.3 Å². The zero-order valence-electron chi connectivity index (χ0n) is 11.2. The lowest BCUT2D eigenvalue weighted by molar-refractivity contribution is -0.138. The summed E-state index contributed by atoms with van der Waals surface area (Å²) in [7, 11) is -3.94. The highest BCUT2D eigenvalue weighted by atomic mass is 32.2. The van der Waals surface area contributed by atoms with E-state index in [1.165, 1.54) is 6.07 Å². The van der Waals surface area contributed by atoms with Gasteiger partial charge in [0, 0.05) is 6.54 Å². The van der Waals surface area contributed by atoms with Gasteiger partial charge in [-0.2, -0.15) is 13.2 Å². The second-order valence-electron chi connectivity index (χ2n) is 4.18. The first-order valence-electron chi connectivity index (χ1n) is 5.98. The second-order valence-corrected chi connectivity index (χ2v) is 5.92. The molecule has 0 saturated heterocycles. The van der Waals surface area contributed by atoms with E-state index in [0.29, 0.717) is 6.42 Å². The number of nitrogens with one attached hydrogen (secondary N) is 1. The molecule has 0 heterocycles. The van der Waals surface area contributed by atoms with Crippen LogP contribution in [-0.4, -0.2) is 15.0 Å². The van der Waals surface area contributed by atoms with Gasteiger partial charge in [-0.1, -0.05) is 18.2 Å². The van der Waals surface area contributed by atoms with Gasteiger partial charge in [0.15, 0.2) is 0 Å². The summed E-state index contributed by atoms with van der Waals surface area (Å²) in [6.07, 6.45) is -0.556. The van der Waals surface area contributed by atoms with Crippen LogP contribution in [0.4, 0.5) is 13.2 Å². The summed E-state index contributed by atoms with van der Waals surface area (Å²) in [6.45, 7) is 3.09. The maximum Gasteiger partial charge on any atom is 0.416 e. The third kappa shape index (κ3) is 4.08. The molecule has 3 nitrogen and oxygen atoms in total. The third-order valence-corrected chi connectivity index (χ3v) is 4.32. The highest BCUT2D eigenvalue weighted by Gasteiger charge is 2.34. The van der Waals surface area contributed by atoms with E-state index in [9.17, 15) is 21.6 Å².